The third kappa shape index (κ3) is 4.05. The molecule has 0 radical (unpaired) electrons. The van der Waals surface area contributed by atoms with E-state index < -0.39 is 0 Å². The SMILES string of the molecule is CC(C)c1noc(CCC(=O)NC2CCCCC2C)n1. The highest BCUT2D eigenvalue weighted by Crippen LogP contribution is 2.23. The van der Waals surface area contributed by atoms with Crippen molar-refractivity contribution in [2.45, 2.75) is 71.3 Å². The number of carbonyl (C=O) groups excluding carboxylic acids is 1. The van der Waals surface area contributed by atoms with Crippen LogP contribution in [0.15, 0.2) is 4.52 Å². The molecule has 5 nitrogen and oxygen atoms in total. The van der Waals surface area contributed by atoms with E-state index in [-0.39, 0.29) is 11.8 Å². The van der Waals surface area contributed by atoms with E-state index in [0.29, 0.717) is 36.5 Å². The molecule has 2 rings (SSSR count). The number of rotatable bonds is 5. The summed E-state index contributed by atoms with van der Waals surface area (Å²) < 4.78 is 5.15. The Balaban J connectivity index is 1.76. The van der Waals surface area contributed by atoms with Crippen molar-refractivity contribution >= 4 is 5.91 Å². The average molecular weight is 279 g/mol. The molecule has 20 heavy (non-hydrogen) atoms. The number of aryl methyl sites for hydroxylation is 1. The second-order valence-corrected chi connectivity index (χ2v) is 6.14. The molecular weight excluding hydrogens is 254 g/mol. The molecule has 1 amide bonds. The van der Waals surface area contributed by atoms with Gasteiger partial charge in [0.25, 0.3) is 0 Å². The molecule has 5 heteroatoms. The molecule has 1 saturated carbocycles. The Bertz CT molecular complexity index is 442. The quantitative estimate of drug-likeness (QED) is 0.900. The lowest BCUT2D eigenvalue weighted by molar-refractivity contribution is -0.122. The van der Waals surface area contributed by atoms with Gasteiger partial charge in [-0.3, -0.25) is 4.79 Å². The molecule has 1 aliphatic carbocycles. The van der Waals surface area contributed by atoms with Gasteiger partial charge in [-0.15, -0.1) is 0 Å². The molecule has 2 unspecified atom stereocenters. The summed E-state index contributed by atoms with van der Waals surface area (Å²) in [5, 5.41) is 7.04. The summed E-state index contributed by atoms with van der Waals surface area (Å²) in [6, 6.07) is 0.338. The summed E-state index contributed by atoms with van der Waals surface area (Å²) in [7, 11) is 0. The highest BCUT2D eigenvalue weighted by Gasteiger charge is 2.22. The Kier molecular flexibility index (Phi) is 5.15. The molecule has 112 valence electrons. The van der Waals surface area contributed by atoms with Crippen LogP contribution >= 0.6 is 0 Å². The van der Waals surface area contributed by atoms with Crippen molar-refractivity contribution in [2.24, 2.45) is 5.92 Å². The van der Waals surface area contributed by atoms with Gasteiger partial charge in [-0.2, -0.15) is 4.98 Å². The first-order chi connectivity index (χ1) is 9.56. The van der Waals surface area contributed by atoms with Crippen molar-refractivity contribution < 1.29 is 9.32 Å². The van der Waals surface area contributed by atoms with Crippen LogP contribution in [-0.2, 0) is 11.2 Å². The Morgan fingerprint density at radius 2 is 2.15 bits per heavy atom. The highest BCUT2D eigenvalue weighted by molar-refractivity contribution is 5.76. The van der Waals surface area contributed by atoms with Crippen LogP contribution in [0.1, 0.15) is 70.5 Å². The summed E-state index contributed by atoms with van der Waals surface area (Å²) in [5.41, 5.74) is 0. The van der Waals surface area contributed by atoms with Crippen molar-refractivity contribution in [1.82, 2.24) is 15.5 Å². The molecule has 1 aromatic rings. The van der Waals surface area contributed by atoms with Crippen LogP contribution < -0.4 is 5.32 Å². The largest absolute Gasteiger partial charge is 0.353 e. The number of carbonyl (C=O) groups is 1. The molecule has 1 fully saturated rings. The van der Waals surface area contributed by atoms with Crippen LogP contribution in [0, 0.1) is 5.92 Å². The van der Waals surface area contributed by atoms with Crippen molar-refractivity contribution in [3.05, 3.63) is 11.7 Å². The minimum Gasteiger partial charge on any atom is -0.353 e. The molecule has 0 aromatic carbocycles. The fourth-order valence-corrected chi connectivity index (χ4v) is 2.63. The molecule has 0 saturated heterocycles. The maximum atomic E-state index is 12.0. The van der Waals surface area contributed by atoms with E-state index in [2.05, 4.69) is 22.4 Å². The predicted octanol–water partition coefficient (Wildman–Crippen LogP) is 2.82. The summed E-state index contributed by atoms with van der Waals surface area (Å²) >= 11 is 0. The lowest BCUT2D eigenvalue weighted by Gasteiger charge is -2.29. The molecule has 1 heterocycles. The van der Waals surface area contributed by atoms with E-state index in [1.54, 1.807) is 0 Å². The monoisotopic (exact) mass is 279 g/mol. The Labute approximate surface area is 120 Å². The Morgan fingerprint density at radius 3 is 2.80 bits per heavy atom. The molecule has 0 aliphatic heterocycles. The van der Waals surface area contributed by atoms with Crippen molar-refractivity contribution in [2.75, 3.05) is 0 Å². The summed E-state index contributed by atoms with van der Waals surface area (Å²) in [6.07, 6.45) is 5.76. The van der Waals surface area contributed by atoms with Gasteiger partial charge < -0.3 is 9.84 Å². The first-order valence-electron chi connectivity index (χ1n) is 7.68. The smallest absolute Gasteiger partial charge is 0.227 e. The number of hydrogen-bond donors (Lipinski definition) is 1. The van der Waals surface area contributed by atoms with E-state index in [9.17, 15) is 4.79 Å². The first-order valence-corrected chi connectivity index (χ1v) is 7.68. The van der Waals surface area contributed by atoms with Gasteiger partial charge in [0.15, 0.2) is 5.82 Å². The van der Waals surface area contributed by atoms with Gasteiger partial charge >= 0.3 is 0 Å². The minimum atomic E-state index is 0.0908. The number of amides is 1. The molecule has 1 aliphatic rings. The predicted molar refractivity (Wildman–Crippen MR) is 76.3 cm³/mol. The van der Waals surface area contributed by atoms with Crippen LogP contribution in [-0.4, -0.2) is 22.1 Å². The fraction of sp³-hybridized carbons (Fsp3) is 0.800. The van der Waals surface area contributed by atoms with E-state index in [1.807, 2.05) is 13.8 Å². The second-order valence-electron chi connectivity index (χ2n) is 6.14. The van der Waals surface area contributed by atoms with Crippen LogP contribution in [0.5, 0.6) is 0 Å². The van der Waals surface area contributed by atoms with Crippen LogP contribution in [0.4, 0.5) is 0 Å². The van der Waals surface area contributed by atoms with Gasteiger partial charge in [-0.1, -0.05) is 38.8 Å². The van der Waals surface area contributed by atoms with Gasteiger partial charge in [-0.25, -0.2) is 0 Å². The number of nitrogens with zero attached hydrogens (tertiary/aromatic N) is 2. The second kappa shape index (κ2) is 6.86. The zero-order chi connectivity index (χ0) is 14.5. The highest BCUT2D eigenvalue weighted by atomic mass is 16.5. The number of hydrogen-bond acceptors (Lipinski definition) is 4. The fourth-order valence-electron chi connectivity index (χ4n) is 2.63. The molecule has 1 N–H and O–H groups in total. The number of nitrogens with one attached hydrogen (secondary N) is 1. The topological polar surface area (TPSA) is 68.0 Å². The van der Waals surface area contributed by atoms with Gasteiger partial charge in [0, 0.05) is 24.8 Å². The van der Waals surface area contributed by atoms with E-state index in [1.165, 1.54) is 19.3 Å². The third-order valence-corrected chi connectivity index (χ3v) is 4.02. The van der Waals surface area contributed by atoms with Crippen LogP contribution in [0.2, 0.25) is 0 Å². The Morgan fingerprint density at radius 1 is 1.40 bits per heavy atom. The molecule has 1 aromatic heterocycles. The third-order valence-electron chi connectivity index (χ3n) is 4.02. The summed E-state index contributed by atoms with van der Waals surface area (Å²) in [6.45, 7) is 6.26. The molecule has 0 spiro atoms. The minimum absolute atomic E-state index is 0.0908. The lowest BCUT2D eigenvalue weighted by Crippen LogP contribution is -2.41. The maximum Gasteiger partial charge on any atom is 0.227 e. The molecular formula is C15H25N3O2. The summed E-state index contributed by atoms with van der Waals surface area (Å²) in [5.74, 6) is 2.20. The van der Waals surface area contributed by atoms with Gasteiger partial charge in [0.1, 0.15) is 0 Å². The van der Waals surface area contributed by atoms with Crippen LogP contribution in [0.3, 0.4) is 0 Å². The Hall–Kier alpha value is -1.39. The normalized spacial score (nSPS) is 23.0. The van der Waals surface area contributed by atoms with Gasteiger partial charge in [-0.05, 0) is 18.8 Å². The van der Waals surface area contributed by atoms with Crippen molar-refractivity contribution in [1.29, 1.82) is 0 Å². The molecule has 0 bridgehead atoms. The van der Waals surface area contributed by atoms with E-state index in [0.717, 1.165) is 6.42 Å². The zero-order valence-electron chi connectivity index (χ0n) is 12.7. The van der Waals surface area contributed by atoms with Gasteiger partial charge in [0.2, 0.25) is 11.8 Å². The van der Waals surface area contributed by atoms with E-state index in [4.69, 9.17) is 4.52 Å². The molecule has 2 atom stereocenters. The van der Waals surface area contributed by atoms with E-state index >= 15 is 0 Å². The standard InChI is InChI=1S/C15H25N3O2/c1-10(2)15-17-14(20-18-15)9-8-13(19)16-12-7-5-4-6-11(12)3/h10-12H,4-9H2,1-3H3,(H,16,19). The summed E-state index contributed by atoms with van der Waals surface area (Å²) in [4.78, 5) is 16.3. The zero-order valence-corrected chi connectivity index (χ0v) is 12.7. The number of aromatic nitrogens is 2. The maximum absolute atomic E-state index is 12.0. The van der Waals surface area contributed by atoms with Crippen molar-refractivity contribution in [3.63, 3.8) is 0 Å². The van der Waals surface area contributed by atoms with Crippen molar-refractivity contribution in [3.8, 4) is 0 Å². The lowest BCUT2D eigenvalue weighted by atomic mass is 9.86. The van der Waals surface area contributed by atoms with Gasteiger partial charge in [0.05, 0.1) is 0 Å². The van der Waals surface area contributed by atoms with Crippen LogP contribution in [0.25, 0.3) is 0 Å². The average Bonchev–Trinajstić information content (AvgIpc) is 2.88. The first kappa shape index (κ1) is 15.0.